The Labute approximate surface area is 87.3 Å². The molecule has 0 aliphatic rings. The Kier molecular flexibility index (Phi) is 3.91. The molecule has 0 saturated heterocycles. The van der Waals surface area contributed by atoms with Gasteiger partial charge in [-0.2, -0.15) is 0 Å². The third-order valence-corrected chi connectivity index (χ3v) is 2.31. The summed E-state index contributed by atoms with van der Waals surface area (Å²) in [6, 6.07) is 3.49. The molecule has 0 aliphatic heterocycles. The van der Waals surface area contributed by atoms with E-state index in [-0.39, 0.29) is 23.8 Å². The molecule has 0 amide bonds. The highest BCUT2D eigenvalue weighted by Gasteiger charge is 2.15. The predicted octanol–water partition coefficient (Wildman–Crippen LogP) is 1.68. The molecule has 15 heavy (non-hydrogen) atoms. The van der Waals surface area contributed by atoms with E-state index in [0.717, 1.165) is 6.07 Å². The number of hydrogen-bond acceptors (Lipinski definition) is 2. The van der Waals surface area contributed by atoms with E-state index in [2.05, 4.69) is 5.32 Å². The van der Waals surface area contributed by atoms with Crippen molar-refractivity contribution < 1.29 is 13.6 Å². The first-order valence-electron chi connectivity index (χ1n) is 4.69. The van der Waals surface area contributed by atoms with Crippen LogP contribution >= 0.6 is 0 Å². The number of hydrogen-bond donors (Lipinski definition) is 1. The zero-order valence-electron chi connectivity index (χ0n) is 8.68. The highest BCUT2D eigenvalue weighted by atomic mass is 19.2. The molecule has 1 aromatic carbocycles. The first kappa shape index (κ1) is 11.8. The summed E-state index contributed by atoms with van der Waals surface area (Å²) in [5.74, 6) is -2.02. The molecule has 1 N–H and O–H groups in total. The van der Waals surface area contributed by atoms with E-state index in [4.69, 9.17) is 0 Å². The van der Waals surface area contributed by atoms with E-state index in [1.165, 1.54) is 12.1 Å². The van der Waals surface area contributed by atoms with Gasteiger partial charge in [-0.3, -0.25) is 4.79 Å². The van der Waals surface area contributed by atoms with Crippen molar-refractivity contribution >= 4 is 5.78 Å². The average Bonchev–Trinajstić information content (AvgIpc) is 2.23. The van der Waals surface area contributed by atoms with Crippen LogP contribution in [0.4, 0.5) is 8.78 Å². The van der Waals surface area contributed by atoms with Crippen LogP contribution in [0.25, 0.3) is 0 Å². The zero-order valence-corrected chi connectivity index (χ0v) is 8.68. The minimum atomic E-state index is -0.936. The van der Waals surface area contributed by atoms with Gasteiger partial charge in [-0.05, 0) is 25.6 Å². The van der Waals surface area contributed by atoms with Gasteiger partial charge in [0, 0.05) is 6.42 Å². The lowest BCUT2D eigenvalue weighted by molar-refractivity contribution is -0.119. The van der Waals surface area contributed by atoms with E-state index >= 15 is 0 Å². The maximum Gasteiger partial charge on any atom is 0.162 e. The Morgan fingerprint density at radius 1 is 1.47 bits per heavy atom. The second kappa shape index (κ2) is 4.98. The molecule has 1 unspecified atom stereocenters. The van der Waals surface area contributed by atoms with Gasteiger partial charge in [0.2, 0.25) is 0 Å². The SMILES string of the molecule is CNC(C)C(=O)Cc1cccc(F)c1F. The van der Waals surface area contributed by atoms with Crippen molar-refractivity contribution in [3.8, 4) is 0 Å². The first-order valence-corrected chi connectivity index (χ1v) is 4.69. The van der Waals surface area contributed by atoms with Crippen LogP contribution in [0.1, 0.15) is 12.5 Å². The van der Waals surface area contributed by atoms with Crippen LogP contribution in [0, 0.1) is 11.6 Å². The van der Waals surface area contributed by atoms with Crippen molar-refractivity contribution in [3.63, 3.8) is 0 Å². The van der Waals surface area contributed by atoms with Crippen LogP contribution in [0.3, 0.4) is 0 Å². The summed E-state index contributed by atoms with van der Waals surface area (Å²) in [6.07, 6.45) is -0.0917. The molecule has 0 radical (unpaired) electrons. The van der Waals surface area contributed by atoms with Gasteiger partial charge >= 0.3 is 0 Å². The number of Topliss-reactive ketones (excluding diaryl/α,β-unsaturated/α-hetero) is 1. The second-order valence-corrected chi connectivity index (χ2v) is 3.37. The molecule has 0 heterocycles. The number of benzene rings is 1. The first-order chi connectivity index (χ1) is 7.06. The Morgan fingerprint density at radius 2 is 2.13 bits per heavy atom. The van der Waals surface area contributed by atoms with Crippen molar-refractivity contribution in [1.29, 1.82) is 0 Å². The van der Waals surface area contributed by atoms with Gasteiger partial charge in [0.05, 0.1) is 6.04 Å². The van der Waals surface area contributed by atoms with E-state index in [1.54, 1.807) is 14.0 Å². The molecule has 0 bridgehead atoms. The number of carbonyl (C=O) groups is 1. The summed E-state index contributed by atoms with van der Waals surface area (Å²) in [6.45, 7) is 1.68. The van der Waals surface area contributed by atoms with Crippen molar-refractivity contribution in [2.24, 2.45) is 0 Å². The lowest BCUT2D eigenvalue weighted by Crippen LogP contribution is -2.32. The van der Waals surface area contributed by atoms with Crippen molar-refractivity contribution in [1.82, 2.24) is 5.32 Å². The van der Waals surface area contributed by atoms with E-state index in [0.29, 0.717) is 0 Å². The second-order valence-electron chi connectivity index (χ2n) is 3.37. The summed E-state index contributed by atoms with van der Waals surface area (Å²) in [4.78, 5) is 11.5. The molecule has 1 rings (SSSR count). The fourth-order valence-corrected chi connectivity index (χ4v) is 1.19. The van der Waals surface area contributed by atoms with Crippen LogP contribution in [-0.2, 0) is 11.2 Å². The quantitative estimate of drug-likeness (QED) is 0.824. The van der Waals surface area contributed by atoms with Gasteiger partial charge in [0.15, 0.2) is 17.4 Å². The van der Waals surface area contributed by atoms with Gasteiger partial charge in [0.25, 0.3) is 0 Å². The van der Waals surface area contributed by atoms with Crippen molar-refractivity contribution in [2.45, 2.75) is 19.4 Å². The number of halogens is 2. The highest BCUT2D eigenvalue weighted by molar-refractivity contribution is 5.85. The topological polar surface area (TPSA) is 29.1 Å². The van der Waals surface area contributed by atoms with Gasteiger partial charge in [-0.1, -0.05) is 12.1 Å². The van der Waals surface area contributed by atoms with E-state index in [9.17, 15) is 13.6 Å². The Balaban J connectivity index is 2.81. The molecule has 0 fully saturated rings. The van der Waals surface area contributed by atoms with E-state index in [1.807, 2.05) is 0 Å². The van der Waals surface area contributed by atoms with Gasteiger partial charge in [0.1, 0.15) is 0 Å². The highest BCUT2D eigenvalue weighted by Crippen LogP contribution is 2.12. The molecule has 1 atom stereocenters. The Hall–Kier alpha value is -1.29. The van der Waals surface area contributed by atoms with Crippen LogP contribution in [-0.4, -0.2) is 18.9 Å². The minimum Gasteiger partial charge on any atom is -0.311 e. The van der Waals surface area contributed by atoms with Crippen LogP contribution in [0.2, 0.25) is 0 Å². The molecule has 82 valence electrons. The van der Waals surface area contributed by atoms with Gasteiger partial charge in [-0.15, -0.1) is 0 Å². The molecule has 0 aliphatic carbocycles. The summed E-state index contributed by atoms with van der Waals surface area (Å²) in [5.41, 5.74) is 0.0992. The monoisotopic (exact) mass is 213 g/mol. The molecule has 0 spiro atoms. The van der Waals surface area contributed by atoms with Crippen LogP contribution in [0.5, 0.6) is 0 Å². The molecule has 0 saturated carbocycles. The molecule has 0 aromatic heterocycles. The van der Waals surface area contributed by atoms with Gasteiger partial charge in [-0.25, -0.2) is 8.78 Å². The maximum atomic E-state index is 13.2. The fourth-order valence-electron chi connectivity index (χ4n) is 1.19. The van der Waals surface area contributed by atoms with Crippen LogP contribution in [0.15, 0.2) is 18.2 Å². The Morgan fingerprint density at radius 3 is 2.73 bits per heavy atom. The van der Waals surface area contributed by atoms with Crippen molar-refractivity contribution in [2.75, 3.05) is 7.05 Å². The molecule has 2 nitrogen and oxygen atoms in total. The summed E-state index contributed by atoms with van der Waals surface area (Å²) < 4.78 is 26.0. The average molecular weight is 213 g/mol. The van der Waals surface area contributed by atoms with Crippen molar-refractivity contribution in [3.05, 3.63) is 35.4 Å². The predicted molar refractivity (Wildman–Crippen MR) is 53.6 cm³/mol. The largest absolute Gasteiger partial charge is 0.311 e. The molecule has 4 heteroatoms. The van der Waals surface area contributed by atoms with Gasteiger partial charge < -0.3 is 5.32 Å². The smallest absolute Gasteiger partial charge is 0.162 e. The summed E-state index contributed by atoms with van der Waals surface area (Å²) in [7, 11) is 1.64. The zero-order chi connectivity index (χ0) is 11.4. The maximum absolute atomic E-state index is 13.2. The van der Waals surface area contributed by atoms with E-state index < -0.39 is 11.6 Å². The number of likely N-dealkylation sites (N-methyl/N-ethyl adjacent to an activating group) is 1. The minimum absolute atomic E-state index is 0.0917. The Bertz CT molecular complexity index is 366. The lowest BCUT2D eigenvalue weighted by Gasteiger charge is -2.09. The summed E-state index contributed by atoms with van der Waals surface area (Å²) >= 11 is 0. The normalized spacial score (nSPS) is 12.5. The third-order valence-electron chi connectivity index (χ3n) is 2.31. The third kappa shape index (κ3) is 2.83. The summed E-state index contributed by atoms with van der Waals surface area (Å²) in [5, 5.41) is 2.75. The molecular formula is C11H13F2NO. The number of rotatable bonds is 4. The number of carbonyl (C=O) groups excluding carboxylic acids is 1. The lowest BCUT2D eigenvalue weighted by atomic mass is 10.0. The number of nitrogens with one attached hydrogen (secondary N) is 1. The molecule has 1 aromatic rings. The fraction of sp³-hybridized carbons (Fsp3) is 0.364. The number of ketones is 1. The molecular weight excluding hydrogens is 200 g/mol. The van der Waals surface area contributed by atoms with Crippen LogP contribution < -0.4 is 5.32 Å². The standard InChI is InChI=1S/C11H13F2NO/c1-7(14-2)10(15)6-8-4-3-5-9(12)11(8)13/h3-5,7,14H,6H2,1-2H3.